The second-order valence-corrected chi connectivity index (χ2v) is 6.54. The van der Waals surface area contributed by atoms with Gasteiger partial charge in [0.25, 0.3) is 6.01 Å². The lowest BCUT2D eigenvalue weighted by Crippen LogP contribution is -2.14. The van der Waals surface area contributed by atoms with Crippen LogP contribution in [0.4, 0.5) is 0 Å². The van der Waals surface area contributed by atoms with Crippen LogP contribution in [0.3, 0.4) is 0 Å². The lowest BCUT2D eigenvalue weighted by molar-refractivity contribution is 0.149. The molecule has 3 aromatic heterocycles. The summed E-state index contributed by atoms with van der Waals surface area (Å²) in [6.45, 7) is 8.83. The van der Waals surface area contributed by atoms with Crippen LogP contribution in [0.5, 0.6) is 6.01 Å². The Hall–Kier alpha value is -2.47. The summed E-state index contributed by atoms with van der Waals surface area (Å²) in [4.78, 5) is 14.0. The third kappa shape index (κ3) is 3.05. The van der Waals surface area contributed by atoms with Gasteiger partial charge in [0.2, 0.25) is 0 Å². The first-order valence-electron chi connectivity index (χ1n) is 8.86. The topological polar surface area (TPSA) is 62.1 Å². The number of hydrogen-bond acceptors (Lipinski definition) is 5. The first kappa shape index (κ1) is 18.3. The number of ether oxygens (including phenoxy) is 2. The van der Waals surface area contributed by atoms with Gasteiger partial charge in [0.1, 0.15) is 5.52 Å². The zero-order chi connectivity index (χ0) is 18.8. The van der Waals surface area contributed by atoms with Crippen LogP contribution in [0.1, 0.15) is 36.3 Å². The molecule has 0 radical (unpaired) electrons. The summed E-state index contributed by atoms with van der Waals surface area (Å²) in [6, 6.07) is 4.84. The molecule has 26 heavy (non-hydrogen) atoms. The molecule has 0 aliphatic rings. The second-order valence-electron chi connectivity index (χ2n) is 6.54. The molecule has 0 spiro atoms. The Kier molecular flexibility index (Phi) is 5.23. The van der Waals surface area contributed by atoms with Gasteiger partial charge in [-0.15, -0.1) is 0 Å². The van der Waals surface area contributed by atoms with Crippen LogP contribution in [0.2, 0.25) is 0 Å². The minimum atomic E-state index is 0.147. The highest BCUT2D eigenvalue weighted by Crippen LogP contribution is 2.34. The van der Waals surface area contributed by atoms with E-state index < -0.39 is 0 Å². The fourth-order valence-electron chi connectivity index (χ4n) is 3.33. The molecular formula is C20H26N4O2. The average molecular weight is 354 g/mol. The van der Waals surface area contributed by atoms with Gasteiger partial charge in [0.15, 0.2) is 0 Å². The molecule has 0 saturated heterocycles. The Morgan fingerprint density at radius 2 is 1.88 bits per heavy atom. The van der Waals surface area contributed by atoms with Crippen LogP contribution < -0.4 is 4.74 Å². The minimum absolute atomic E-state index is 0.147. The largest absolute Gasteiger partial charge is 0.468 e. The zero-order valence-corrected chi connectivity index (χ0v) is 16.3. The molecule has 1 atom stereocenters. The van der Waals surface area contributed by atoms with E-state index in [1.807, 2.05) is 26.1 Å². The van der Waals surface area contributed by atoms with Gasteiger partial charge >= 0.3 is 0 Å². The van der Waals surface area contributed by atoms with Crippen LogP contribution in [0.15, 0.2) is 18.3 Å². The molecule has 0 saturated carbocycles. The first-order valence-corrected chi connectivity index (χ1v) is 8.86. The predicted octanol–water partition coefficient (Wildman–Crippen LogP) is 4.02. The summed E-state index contributed by atoms with van der Waals surface area (Å²) >= 11 is 0. The molecule has 0 bridgehead atoms. The van der Waals surface area contributed by atoms with Crippen LogP contribution in [-0.4, -0.2) is 40.3 Å². The molecule has 0 amide bonds. The number of nitrogens with zero attached hydrogens (tertiary/aromatic N) is 4. The second kappa shape index (κ2) is 7.41. The van der Waals surface area contributed by atoms with E-state index in [4.69, 9.17) is 14.5 Å². The van der Waals surface area contributed by atoms with Crippen molar-refractivity contribution in [2.24, 2.45) is 0 Å². The van der Waals surface area contributed by atoms with E-state index in [0.29, 0.717) is 12.6 Å². The molecular weight excluding hydrogens is 328 g/mol. The highest BCUT2D eigenvalue weighted by Gasteiger charge is 2.22. The van der Waals surface area contributed by atoms with Gasteiger partial charge < -0.3 is 9.47 Å². The summed E-state index contributed by atoms with van der Waals surface area (Å²) in [5, 5.41) is 0. The maximum atomic E-state index is 5.58. The summed E-state index contributed by atoms with van der Waals surface area (Å²) < 4.78 is 13.1. The van der Waals surface area contributed by atoms with E-state index in [9.17, 15) is 0 Å². The standard InChI is InChI=1S/C20H26N4O2/c1-7-15(11-25-5)24-17-8-9-21-18(19(17)23-20(24)26-6)16-10-12(2)13(3)22-14(16)4/h8-10,15H,7,11H2,1-6H3. The van der Waals surface area contributed by atoms with Gasteiger partial charge in [-0.2, -0.15) is 4.98 Å². The van der Waals surface area contributed by atoms with Crippen molar-refractivity contribution in [1.29, 1.82) is 0 Å². The number of aryl methyl sites for hydroxylation is 3. The van der Waals surface area contributed by atoms with Crippen molar-refractivity contribution < 1.29 is 9.47 Å². The van der Waals surface area contributed by atoms with Crippen molar-refractivity contribution in [3.63, 3.8) is 0 Å². The van der Waals surface area contributed by atoms with Crippen LogP contribution in [-0.2, 0) is 4.74 Å². The van der Waals surface area contributed by atoms with Gasteiger partial charge in [0.05, 0.1) is 31.0 Å². The molecule has 3 heterocycles. The summed E-state index contributed by atoms with van der Waals surface area (Å²) in [5.74, 6) is 0. The monoisotopic (exact) mass is 354 g/mol. The molecule has 0 aliphatic carbocycles. The molecule has 6 nitrogen and oxygen atoms in total. The highest BCUT2D eigenvalue weighted by molar-refractivity contribution is 5.91. The molecule has 0 fully saturated rings. The Bertz CT molecular complexity index is 933. The SMILES string of the molecule is CCC(COC)n1c(OC)nc2c(-c3cc(C)c(C)nc3C)nccc21. The van der Waals surface area contributed by atoms with Crippen molar-refractivity contribution in [2.45, 2.75) is 40.2 Å². The zero-order valence-electron chi connectivity index (χ0n) is 16.3. The summed E-state index contributed by atoms with van der Waals surface area (Å²) in [7, 11) is 3.36. The molecule has 6 heteroatoms. The molecule has 0 aliphatic heterocycles. The Morgan fingerprint density at radius 1 is 1.12 bits per heavy atom. The average Bonchev–Trinajstić information content (AvgIpc) is 3.01. The van der Waals surface area contributed by atoms with Gasteiger partial charge in [0, 0.05) is 30.3 Å². The molecule has 1 unspecified atom stereocenters. The molecule has 138 valence electrons. The number of methoxy groups -OCH3 is 2. The van der Waals surface area contributed by atoms with E-state index in [2.05, 4.69) is 34.4 Å². The van der Waals surface area contributed by atoms with Crippen molar-refractivity contribution >= 4 is 11.0 Å². The predicted molar refractivity (Wildman–Crippen MR) is 103 cm³/mol. The molecule has 0 N–H and O–H groups in total. The molecule has 3 rings (SSSR count). The van der Waals surface area contributed by atoms with Crippen LogP contribution >= 0.6 is 0 Å². The number of aromatic nitrogens is 4. The highest BCUT2D eigenvalue weighted by atomic mass is 16.5. The smallest absolute Gasteiger partial charge is 0.297 e. The van der Waals surface area contributed by atoms with E-state index in [1.54, 1.807) is 14.2 Å². The quantitative estimate of drug-likeness (QED) is 0.669. The van der Waals surface area contributed by atoms with E-state index >= 15 is 0 Å². The van der Waals surface area contributed by atoms with Crippen LogP contribution in [0, 0.1) is 20.8 Å². The van der Waals surface area contributed by atoms with Crippen molar-refractivity contribution in [3.05, 3.63) is 35.3 Å². The Morgan fingerprint density at radius 3 is 2.54 bits per heavy atom. The number of hydrogen-bond donors (Lipinski definition) is 0. The van der Waals surface area contributed by atoms with Crippen molar-refractivity contribution in [3.8, 4) is 17.3 Å². The van der Waals surface area contributed by atoms with Crippen molar-refractivity contribution in [1.82, 2.24) is 19.5 Å². The maximum absolute atomic E-state index is 5.58. The third-order valence-electron chi connectivity index (χ3n) is 4.87. The number of fused-ring (bicyclic) bond motifs is 1. The fourth-order valence-corrected chi connectivity index (χ4v) is 3.33. The normalized spacial score (nSPS) is 12.5. The van der Waals surface area contributed by atoms with Crippen molar-refractivity contribution in [2.75, 3.05) is 20.8 Å². The van der Waals surface area contributed by atoms with Gasteiger partial charge in [-0.3, -0.25) is 14.5 Å². The third-order valence-corrected chi connectivity index (χ3v) is 4.87. The minimum Gasteiger partial charge on any atom is -0.468 e. The fraction of sp³-hybridized carbons (Fsp3) is 0.450. The molecule has 3 aromatic rings. The van der Waals surface area contributed by atoms with Gasteiger partial charge in [-0.1, -0.05) is 6.92 Å². The lowest BCUT2D eigenvalue weighted by Gasteiger charge is -2.18. The number of rotatable bonds is 6. The van der Waals surface area contributed by atoms with E-state index in [1.165, 1.54) is 0 Å². The Balaban J connectivity index is 2.27. The first-order chi connectivity index (χ1) is 12.5. The maximum Gasteiger partial charge on any atom is 0.297 e. The van der Waals surface area contributed by atoms with Crippen LogP contribution in [0.25, 0.3) is 22.3 Å². The number of imidazole rings is 1. The van der Waals surface area contributed by atoms with E-state index in [0.717, 1.165) is 45.7 Å². The Labute approximate surface area is 154 Å². The molecule has 0 aromatic carbocycles. The lowest BCUT2D eigenvalue weighted by atomic mass is 10.0. The van der Waals surface area contributed by atoms with E-state index in [-0.39, 0.29) is 6.04 Å². The van der Waals surface area contributed by atoms with Gasteiger partial charge in [-0.05, 0) is 44.9 Å². The van der Waals surface area contributed by atoms with Gasteiger partial charge in [-0.25, -0.2) is 0 Å². The summed E-state index contributed by atoms with van der Waals surface area (Å²) in [6.07, 6.45) is 2.74. The summed E-state index contributed by atoms with van der Waals surface area (Å²) in [5.41, 5.74) is 6.78. The number of pyridine rings is 2.